The third kappa shape index (κ3) is 2.82. The zero-order valence-electron chi connectivity index (χ0n) is 12.5. The predicted molar refractivity (Wildman–Crippen MR) is 82.3 cm³/mol. The first-order valence-electron chi connectivity index (χ1n) is 7.41. The molecule has 0 aliphatic carbocycles. The van der Waals surface area contributed by atoms with Crippen molar-refractivity contribution in [3.05, 3.63) is 53.6 Å². The molecule has 0 radical (unpaired) electrons. The zero-order chi connectivity index (χ0) is 14.7. The Morgan fingerprint density at radius 2 is 1.81 bits per heavy atom. The van der Waals surface area contributed by atoms with E-state index in [1.165, 1.54) is 5.56 Å². The van der Waals surface area contributed by atoms with Crippen LogP contribution in [0.5, 0.6) is 17.2 Å². The van der Waals surface area contributed by atoms with Gasteiger partial charge < -0.3 is 14.2 Å². The van der Waals surface area contributed by atoms with Crippen molar-refractivity contribution in [1.29, 1.82) is 0 Å². The summed E-state index contributed by atoms with van der Waals surface area (Å²) in [5.74, 6) is 2.70. The molecule has 21 heavy (non-hydrogen) atoms. The van der Waals surface area contributed by atoms with Gasteiger partial charge in [-0.25, -0.2) is 0 Å². The molecule has 0 spiro atoms. The van der Waals surface area contributed by atoms with Crippen molar-refractivity contribution in [3.8, 4) is 17.2 Å². The van der Waals surface area contributed by atoms with Gasteiger partial charge in [-0.1, -0.05) is 44.2 Å². The fourth-order valence-corrected chi connectivity index (χ4v) is 2.54. The van der Waals surface area contributed by atoms with E-state index in [0.29, 0.717) is 6.61 Å². The van der Waals surface area contributed by atoms with Crippen LogP contribution in [0.1, 0.15) is 37.3 Å². The number of ether oxygens (including phenoxy) is 3. The molecule has 1 heterocycles. The maximum absolute atomic E-state index is 5.92. The molecule has 0 bridgehead atoms. The van der Waals surface area contributed by atoms with Crippen LogP contribution in [0.15, 0.2) is 42.5 Å². The van der Waals surface area contributed by atoms with Gasteiger partial charge in [0.15, 0.2) is 11.5 Å². The van der Waals surface area contributed by atoms with Gasteiger partial charge in [0.2, 0.25) is 6.79 Å². The summed E-state index contributed by atoms with van der Waals surface area (Å²) < 4.78 is 16.9. The second kappa shape index (κ2) is 6.08. The molecule has 3 heteroatoms. The lowest BCUT2D eigenvalue weighted by molar-refractivity contribution is 0.173. The van der Waals surface area contributed by atoms with Gasteiger partial charge in [0.05, 0.1) is 6.61 Å². The first-order chi connectivity index (χ1) is 10.3. The number of rotatable bonds is 5. The van der Waals surface area contributed by atoms with Crippen molar-refractivity contribution < 1.29 is 14.2 Å². The highest BCUT2D eigenvalue weighted by Gasteiger charge is 2.21. The summed E-state index contributed by atoms with van der Waals surface area (Å²) in [6.07, 6.45) is 0.980. The summed E-state index contributed by atoms with van der Waals surface area (Å²) in [5.41, 5.74) is 2.40. The van der Waals surface area contributed by atoms with E-state index in [-0.39, 0.29) is 12.7 Å². The van der Waals surface area contributed by atoms with E-state index >= 15 is 0 Å². The first kappa shape index (κ1) is 13.8. The quantitative estimate of drug-likeness (QED) is 0.816. The summed E-state index contributed by atoms with van der Waals surface area (Å²) in [5, 5.41) is 0. The number of benzene rings is 2. The molecular formula is C18H20O3. The van der Waals surface area contributed by atoms with Gasteiger partial charge in [-0.3, -0.25) is 0 Å². The van der Waals surface area contributed by atoms with E-state index < -0.39 is 0 Å². The normalized spacial score (nSPS) is 14.0. The van der Waals surface area contributed by atoms with Gasteiger partial charge >= 0.3 is 0 Å². The fourth-order valence-electron chi connectivity index (χ4n) is 2.54. The monoisotopic (exact) mass is 284 g/mol. The fraction of sp³-hybridized carbons (Fsp3) is 0.333. The van der Waals surface area contributed by atoms with E-state index in [1.54, 1.807) is 0 Å². The van der Waals surface area contributed by atoms with Gasteiger partial charge in [-0.15, -0.1) is 0 Å². The van der Waals surface area contributed by atoms with E-state index in [9.17, 15) is 0 Å². The topological polar surface area (TPSA) is 27.7 Å². The van der Waals surface area contributed by atoms with Crippen LogP contribution >= 0.6 is 0 Å². The molecule has 0 saturated heterocycles. The second-order valence-corrected chi connectivity index (χ2v) is 5.22. The Balaban J connectivity index is 1.99. The lowest BCUT2D eigenvalue weighted by atomic mass is 9.92. The molecule has 0 saturated carbocycles. The van der Waals surface area contributed by atoms with Crippen LogP contribution in [0.25, 0.3) is 0 Å². The molecule has 110 valence electrons. The minimum atomic E-state index is 0.243. The largest absolute Gasteiger partial charge is 0.493 e. The highest BCUT2D eigenvalue weighted by molar-refractivity contribution is 5.54. The van der Waals surface area contributed by atoms with Crippen LogP contribution in [0.4, 0.5) is 0 Å². The summed E-state index contributed by atoms with van der Waals surface area (Å²) >= 11 is 0. The van der Waals surface area contributed by atoms with E-state index in [0.717, 1.165) is 29.2 Å². The van der Waals surface area contributed by atoms with Crippen LogP contribution < -0.4 is 14.2 Å². The highest BCUT2D eigenvalue weighted by Crippen LogP contribution is 2.42. The van der Waals surface area contributed by atoms with Crippen molar-refractivity contribution in [2.24, 2.45) is 0 Å². The Labute approximate surface area is 125 Å². The third-order valence-corrected chi connectivity index (χ3v) is 3.73. The maximum atomic E-state index is 5.92. The van der Waals surface area contributed by atoms with Crippen LogP contribution in [-0.2, 0) is 0 Å². The molecule has 0 fully saturated rings. The Morgan fingerprint density at radius 1 is 1.10 bits per heavy atom. The molecule has 1 atom stereocenters. The molecule has 0 N–H and O–H groups in total. The van der Waals surface area contributed by atoms with E-state index in [1.807, 2.05) is 18.2 Å². The van der Waals surface area contributed by atoms with Crippen molar-refractivity contribution >= 4 is 0 Å². The SMILES string of the molecule is CCCOc1cc2c(cc1[C@H](C)c1ccccc1)OCO2. The van der Waals surface area contributed by atoms with Gasteiger partial charge in [0.1, 0.15) is 5.75 Å². The molecule has 1 aliphatic rings. The third-order valence-electron chi connectivity index (χ3n) is 3.73. The molecular weight excluding hydrogens is 264 g/mol. The lowest BCUT2D eigenvalue weighted by Crippen LogP contribution is -2.03. The highest BCUT2D eigenvalue weighted by atomic mass is 16.7. The van der Waals surface area contributed by atoms with Crippen molar-refractivity contribution in [3.63, 3.8) is 0 Å². The molecule has 1 aliphatic heterocycles. The summed E-state index contributed by atoms with van der Waals surface area (Å²) in [7, 11) is 0. The maximum Gasteiger partial charge on any atom is 0.231 e. The number of fused-ring (bicyclic) bond motifs is 1. The van der Waals surface area contributed by atoms with Gasteiger partial charge in [-0.2, -0.15) is 0 Å². The summed E-state index contributed by atoms with van der Waals surface area (Å²) in [4.78, 5) is 0. The van der Waals surface area contributed by atoms with Crippen molar-refractivity contribution in [2.75, 3.05) is 13.4 Å². The molecule has 0 aromatic heterocycles. The van der Waals surface area contributed by atoms with Crippen LogP contribution in [0.3, 0.4) is 0 Å². The first-order valence-corrected chi connectivity index (χ1v) is 7.41. The van der Waals surface area contributed by atoms with E-state index in [2.05, 4.69) is 38.1 Å². The lowest BCUT2D eigenvalue weighted by Gasteiger charge is -2.18. The Morgan fingerprint density at radius 3 is 2.52 bits per heavy atom. The number of hydrogen-bond donors (Lipinski definition) is 0. The summed E-state index contributed by atoms with van der Waals surface area (Å²) in [6.45, 7) is 5.28. The summed E-state index contributed by atoms with van der Waals surface area (Å²) in [6, 6.07) is 14.4. The van der Waals surface area contributed by atoms with Gasteiger partial charge in [0.25, 0.3) is 0 Å². The second-order valence-electron chi connectivity index (χ2n) is 5.22. The van der Waals surface area contributed by atoms with Crippen LogP contribution in [0, 0.1) is 0 Å². The molecule has 0 amide bonds. The Bertz CT molecular complexity index is 607. The van der Waals surface area contributed by atoms with Crippen LogP contribution in [0.2, 0.25) is 0 Å². The Kier molecular flexibility index (Phi) is 4.00. The average Bonchev–Trinajstić information content (AvgIpc) is 2.99. The predicted octanol–water partition coefficient (Wildman–Crippen LogP) is 4.36. The molecule has 2 aromatic rings. The zero-order valence-corrected chi connectivity index (χ0v) is 12.5. The average molecular weight is 284 g/mol. The van der Waals surface area contributed by atoms with E-state index in [4.69, 9.17) is 14.2 Å². The molecule has 3 rings (SSSR count). The van der Waals surface area contributed by atoms with Crippen molar-refractivity contribution in [2.45, 2.75) is 26.2 Å². The van der Waals surface area contributed by atoms with Gasteiger partial charge in [0, 0.05) is 17.5 Å². The smallest absolute Gasteiger partial charge is 0.231 e. The molecule has 3 nitrogen and oxygen atoms in total. The molecule has 0 unspecified atom stereocenters. The van der Waals surface area contributed by atoms with Gasteiger partial charge in [-0.05, 0) is 18.1 Å². The molecule has 2 aromatic carbocycles. The minimum absolute atomic E-state index is 0.243. The van der Waals surface area contributed by atoms with Crippen molar-refractivity contribution in [1.82, 2.24) is 0 Å². The minimum Gasteiger partial charge on any atom is -0.493 e. The van der Waals surface area contributed by atoms with Crippen LogP contribution in [-0.4, -0.2) is 13.4 Å². The Hall–Kier alpha value is -2.16. The number of hydrogen-bond acceptors (Lipinski definition) is 3. The standard InChI is InChI=1S/C18H20O3/c1-3-9-19-16-11-18-17(20-12-21-18)10-15(16)13(2)14-7-5-4-6-8-14/h4-8,10-11,13H,3,9,12H2,1-2H3/t13-/m1/s1.